The third-order valence-electron chi connectivity index (χ3n) is 3.72. The second-order valence-electron chi connectivity index (χ2n) is 5.38. The van der Waals surface area contributed by atoms with Crippen molar-refractivity contribution in [3.63, 3.8) is 0 Å². The summed E-state index contributed by atoms with van der Waals surface area (Å²) < 4.78 is 25.6. The lowest BCUT2D eigenvalue weighted by Gasteiger charge is -2.07. The molecule has 6 nitrogen and oxygen atoms in total. The van der Waals surface area contributed by atoms with E-state index in [2.05, 4.69) is 0 Å². The van der Waals surface area contributed by atoms with E-state index in [0.29, 0.717) is 11.1 Å². The molecule has 0 aromatic heterocycles. The second-order valence-corrected chi connectivity index (χ2v) is 8.08. The van der Waals surface area contributed by atoms with Crippen LogP contribution in [-0.2, 0) is 9.84 Å². The molecule has 0 saturated heterocycles. The topological polar surface area (TPSA) is 129 Å². The van der Waals surface area contributed by atoms with Gasteiger partial charge in [-0.3, -0.25) is 0 Å². The molecule has 2 aromatic carbocycles. The molecular formula is C20H8Cl2N4O2S. The number of rotatable bonds is 4. The predicted octanol–water partition coefficient (Wildman–Crippen LogP) is 4.51. The van der Waals surface area contributed by atoms with Crippen LogP contribution >= 0.6 is 23.2 Å². The molecule has 29 heavy (non-hydrogen) atoms. The molecule has 0 aliphatic heterocycles. The number of sulfone groups is 1. The summed E-state index contributed by atoms with van der Waals surface area (Å²) in [4.78, 5) is -0.0457. The van der Waals surface area contributed by atoms with Crippen LogP contribution in [0.25, 0.3) is 10.1 Å². The van der Waals surface area contributed by atoms with Gasteiger partial charge in [-0.15, -0.1) is 0 Å². The quantitative estimate of drug-likeness (QED) is 0.645. The van der Waals surface area contributed by atoms with Gasteiger partial charge in [-0.25, -0.2) is 8.42 Å². The molecule has 2 aromatic rings. The molecule has 0 spiro atoms. The third kappa shape index (κ3) is 4.46. The highest BCUT2D eigenvalue weighted by molar-refractivity contribution is 7.91. The van der Waals surface area contributed by atoms with Gasteiger partial charge in [0, 0.05) is 0 Å². The van der Waals surface area contributed by atoms with Gasteiger partial charge in [-0.05, 0) is 35.4 Å². The summed E-state index contributed by atoms with van der Waals surface area (Å²) in [5.74, 6) is 0. The van der Waals surface area contributed by atoms with Crippen LogP contribution in [0.2, 0.25) is 0 Å². The normalized spacial score (nSPS) is 9.86. The van der Waals surface area contributed by atoms with E-state index in [-0.39, 0.29) is 31.0 Å². The summed E-state index contributed by atoms with van der Waals surface area (Å²) in [7, 11) is -3.86. The van der Waals surface area contributed by atoms with Crippen LogP contribution in [0.4, 0.5) is 0 Å². The summed E-state index contributed by atoms with van der Waals surface area (Å²) in [5, 5.41) is 35.3. The van der Waals surface area contributed by atoms with Crippen molar-refractivity contribution in [1.29, 1.82) is 21.0 Å². The first-order valence-electron chi connectivity index (χ1n) is 7.66. The molecule has 0 fully saturated rings. The van der Waals surface area contributed by atoms with Gasteiger partial charge < -0.3 is 0 Å². The van der Waals surface area contributed by atoms with Crippen LogP contribution in [0, 0.1) is 45.3 Å². The van der Waals surface area contributed by atoms with Crippen LogP contribution in [0.15, 0.2) is 69.5 Å². The molecule has 140 valence electrons. The molecule has 0 amide bonds. The number of hydrogen-bond acceptors (Lipinski definition) is 6. The number of nitriles is 4. The van der Waals surface area contributed by atoms with Crippen molar-refractivity contribution in [1.82, 2.24) is 0 Å². The first-order chi connectivity index (χ1) is 13.8. The van der Waals surface area contributed by atoms with Crippen molar-refractivity contribution >= 4 is 43.1 Å². The van der Waals surface area contributed by atoms with Crippen molar-refractivity contribution in [3.8, 4) is 24.3 Å². The second kappa shape index (κ2) is 9.07. The molecule has 0 bridgehead atoms. The molecule has 0 N–H and O–H groups in total. The monoisotopic (exact) mass is 438 g/mol. The fraction of sp³-hybridized carbons (Fsp3) is 0. The fourth-order valence-electron chi connectivity index (χ4n) is 2.23. The number of halogens is 2. The number of hydrogen-bond donors (Lipinski definition) is 0. The SMILES string of the molecule is N#CC(C#N)=C(Cl)c1ccc(S(=O)(=O)c2ccc(C(Cl)=C(C#N)C#N)cc2)cc1. The number of nitrogens with zero attached hydrogens (tertiary/aromatic N) is 4. The van der Waals surface area contributed by atoms with E-state index in [1.54, 1.807) is 24.3 Å². The maximum absolute atomic E-state index is 12.8. The van der Waals surface area contributed by atoms with E-state index in [0.717, 1.165) is 0 Å². The summed E-state index contributed by atoms with van der Waals surface area (Å²) in [6.07, 6.45) is 0. The van der Waals surface area contributed by atoms with Crippen LogP contribution in [0.5, 0.6) is 0 Å². The van der Waals surface area contributed by atoms with Gasteiger partial charge in [-0.2, -0.15) is 21.0 Å². The summed E-state index contributed by atoms with van der Waals surface area (Å²) >= 11 is 12.0. The zero-order valence-corrected chi connectivity index (χ0v) is 16.7. The number of allylic oxidation sites excluding steroid dienone is 2. The van der Waals surface area contributed by atoms with E-state index in [1.807, 2.05) is 0 Å². The standard InChI is InChI=1S/C20H8Cl2N4O2S/c21-19(15(9-23)10-24)13-1-5-17(6-2-13)29(27,28)18-7-3-14(4-8-18)20(22)16(11-25)12-26/h1-8H. The van der Waals surface area contributed by atoms with Gasteiger partial charge in [-0.1, -0.05) is 47.5 Å². The molecule has 0 aliphatic carbocycles. The zero-order valence-electron chi connectivity index (χ0n) is 14.4. The van der Waals surface area contributed by atoms with Crippen LogP contribution in [0.1, 0.15) is 11.1 Å². The van der Waals surface area contributed by atoms with E-state index in [9.17, 15) is 8.42 Å². The molecule has 9 heteroatoms. The largest absolute Gasteiger partial charge is 0.219 e. The zero-order chi connectivity index (χ0) is 21.6. The Morgan fingerprint density at radius 2 is 0.897 bits per heavy atom. The molecule has 2 rings (SSSR count). The lowest BCUT2D eigenvalue weighted by molar-refractivity contribution is 0.596. The maximum Gasteiger partial charge on any atom is 0.206 e. The van der Waals surface area contributed by atoms with Gasteiger partial charge in [0.25, 0.3) is 0 Å². The molecule has 0 saturated carbocycles. The Balaban J connectivity index is 2.43. The van der Waals surface area contributed by atoms with Crippen molar-refractivity contribution in [2.75, 3.05) is 0 Å². The molecule has 0 unspecified atom stereocenters. The lowest BCUT2D eigenvalue weighted by atomic mass is 10.1. The minimum atomic E-state index is -3.86. The Morgan fingerprint density at radius 3 is 1.14 bits per heavy atom. The number of benzene rings is 2. The van der Waals surface area contributed by atoms with Gasteiger partial charge in [0.15, 0.2) is 0 Å². The first kappa shape index (κ1) is 21.7. The Kier molecular flexibility index (Phi) is 6.79. The highest BCUT2D eigenvalue weighted by Gasteiger charge is 2.19. The van der Waals surface area contributed by atoms with E-state index < -0.39 is 9.84 Å². The van der Waals surface area contributed by atoms with Crippen molar-refractivity contribution < 1.29 is 8.42 Å². The molecule has 0 atom stereocenters. The van der Waals surface area contributed by atoms with Gasteiger partial charge in [0.2, 0.25) is 9.84 Å². The first-order valence-corrected chi connectivity index (χ1v) is 9.90. The molecule has 0 aliphatic rings. The molecule has 0 radical (unpaired) electrons. The summed E-state index contributed by atoms with van der Waals surface area (Å²) in [5.41, 5.74) is 0.0989. The summed E-state index contributed by atoms with van der Waals surface area (Å²) in [6.45, 7) is 0. The van der Waals surface area contributed by atoms with E-state index in [1.165, 1.54) is 48.5 Å². The third-order valence-corrected chi connectivity index (χ3v) is 6.32. The van der Waals surface area contributed by atoms with E-state index in [4.69, 9.17) is 44.2 Å². The molecule has 0 heterocycles. The molecular weight excluding hydrogens is 431 g/mol. The fourth-order valence-corrected chi connectivity index (χ4v) is 3.91. The van der Waals surface area contributed by atoms with Crippen LogP contribution in [-0.4, -0.2) is 8.42 Å². The highest BCUT2D eigenvalue weighted by Crippen LogP contribution is 2.28. The van der Waals surface area contributed by atoms with Gasteiger partial charge in [0.05, 0.1) is 19.9 Å². The van der Waals surface area contributed by atoms with Crippen molar-refractivity contribution in [3.05, 3.63) is 70.8 Å². The predicted molar refractivity (Wildman–Crippen MR) is 106 cm³/mol. The van der Waals surface area contributed by atoms with Gasteiger partial charge in [0.1, 0.15) is 35.4 Å². The highest BCUT2D eigenvalue weighted by atomic mass is 35.5. The van der Waals surface area contributed by atoms with Crippen LogP contribution in [0.3, 0.4) is 0 Å². The van der Waals surface area contributed by atoms with Crippen LogP contribution < -0.4 is 0 Å². The Bertz CT molecular complexity index is 1170. The van der Waals surface area contributed by atoms with Crippen molar-refractivity contribution in [2.24, 2.45) is 0 Å². The summed E-state index contributed by atoms with van der Waals surface area (Å²) in [6, 6.07) is 17.5. The lowest BCUT2D eigenvalue weighted by Crippen LogP contribution is -2.02. The minimum Gasteiger partial charge on any atom is -0.219 e. The Labute approximate surface area is 177 Å². The maximum atomic E-state index is 12.8. The minimum absolute atomic E-state index is 0.0229. The van der Waals surface area contributed by atoms with E-state index >= 15 is 0 Å². The average molecular weight is 439 g/mol. The average Bonchev–Trinajstić information content (AvgIpc) is 2.75. The smallest absolute Gasteiger partial charge is 0.206 e. The Morgan fingerprint density at radius 1 is 0.621 bits per heavy atom. The Hall–Kier alpha value is -3.59. The van der Waals surface area contributed by atoms with Gasteiger partial charge >= 0.3 is 0 Å². The van der Waals surface area contributed by atoms with Crippen molar-refractivity contribution in [2.45, 2.75) is 9.79 Å².